The molecule has 1 aromatic heterocycles. The Labute approximate surface area is 156 Å². The van der Waals surface area contributed by atoms with E-state index in [0.29, 0.717) is 17.7 Å². The monoisotopic (exact) mass is 394 g/mol. The molecule has 10 heteroatoms. The van der Waals surface area contributed by atoms with E-state index in [4.69, 9.17) is 4.74 Å². The summed E-state index contributed by atoms with van der Waals surface area (Å²) in [5.41, 5.74) is 0.470. The smallest absolute Gasteiger partial charge is 0.414 e. The summed E-state index contributed by atoms with van der Waals surface area (Å²) < 4.78 is 45.9. The van der Waals surface area contributed by atoms with Crippen molar-refractivity contribution in [2.45, 2.75) is 19.1 Å². The quantitative estimate of drug-likeness (QED) is 0.742. The molecule has 0 radical (unpaired) electrons. The van der Waals surface area contributed by atoms with Gasteiger partial charge in [0, 0.05) is 12.0 Å². The van der Waals surface area contributed by atoms with Crippen LogP contribution >= 0.6 is 0 Å². The van der Waals surface area contributed by atoms with Crippen molar-refractivity contribution in [3.8, 4) is 0 Å². The fourth-order valence-electron chi connectivity index (χ4n) is 3.20. The predicted molar refractivity (Wildman–Crippen MR) is 94.5 cm³/mol. The van der Waals surface area contributed by atoms with Crippen LogP contribution in [0.1, 0.15) is 12.0 Å². The van der Waals surface area contributed by atoms with E-state index in [0.717, 1.165) is 12.1 Å². The number of nitrogens with zero attached hydrogens (tertiary/aromatic N) is 4. The Morgan fingerprint density at radius 2 is 1.96 bits per heavy atom. The zero-order valence-corrected chi connectivity index (χ0v) is 15.0. The molecule has 2 atom stereocenters. The molecule has 0 aliphatic carbocycles. The number of amides is 1. The number of ether oxygens (including phenoxy) is 1. The maximum absolute atomic E-state index is 14.6. The molecule has 2 aliphatic heterocycles. The van der Waals surface area contributed by atoms with E-state index in [2.05, 4.69) is 10.2 Å². The van der Waals surface area contributed by atoms with Crippen molar-refractivity contribution in [3.63, 3.8) is 0 Å². The molecule has 0 saturated carbocycles. The average molecular weight is 394 g/mol. The van der Waals surface area contributed by atoms with Crippen molar-refractivity contribution in [2.75, 3.05) is 23.0 Å². The van der Waals surface area contributed by atoms with E-state index in [1.165, 1.54) is 22.1 Å². The summed E-state index contributed by atoms with van der Waals surface area (Å²) in [4.78, 5) is 14.7. The summed E-state index contributed by atoms with van der Waals surface area (Å²) in [6, 6.07) is 2.25. The van der Waals surface area contributed by atoms with Gasteiger partial charge in [0.25, 0.3) is 0 Å². The largest absolute Gasteiger partial charge is 0.616 e. The Kier molecular flexibility index (Phi) is 4.83. The van der Waals surface area contributed by atoms with E-state index in [1.54, 1.807) is 6.08 Å². The molecular weight excluding hydrogens is 378 g/mol. The fraction of sp³-hybridized carbons (Fsp3) is 0.353. The number of carbonyl (C=O) groups excluding carboxylic acids is 1. The molecule has 4 rings (SSSR count). The van der Waals surface area contributed by atoms with Gasteiger partial charge in [-0.05, 0) is 35.0 Å². The average Bonchev–Trinajstić information content (AvgIpc) is 3.26. The molecule has 142 valence electrons. The van der Waals surface area contributed by atoms with Crippen molar-refractivity contribution >= 4 is 28.5 Å². The third kappa shape index (κ3) is 3.67. The molecule has 1 fully saturated rings. The Hall–Kier alpha value is -2.46. The molecule has 7 nitrogen and oxygen atoms in total. The zero-order chi connectivity index (χ0) is 19.0. The number of hydrogen-bond donors (Lipinski definition) is 0. The Balaban J connectivity index is 1.55. The van der Waals surface area contributed by atoms with Crippen molar-refractivity contribution in [1.29, 1.82) is 0 Å². The predicted octanol–water partition coefficient (Wildman–Crippen LogP) is 2.12. The number of carbonyl (C=O) groups is 1. The second-order valence-electron chi connectivity index (χ2n) is 6.27. The third-order valence-electron chi connectivity index (χ3n) is 4.48. The lowest BCUT2D eigenvalue weighted by Gasteiger charge is -2.19. The lowest BCUT2D eigenvalue weighted by molar-refractivity contribution is 0.126. The van der Waals surface area contributed by atoms with E-state index >= 15 is 0 Å². The van der Waals surface area contributed by atoms with Gasteiger partial charge in [0.05, 0.1) is 31.2 Å². The first-order valence-corrected chi connectivity index (χ1v) is 9.86. The molecule has 27 heavy (non-hydrogen) atoms. The fourth-order valence-corrected chi connectivity index (χ4v) is 4.20. The zero-order valence-electron chi connectivity index (χ0n) is 14.2. The summed E-state index contributed by atoms with van der Waals surface area (Å²) in [5.74, 6) is -0.839. The van der Waals surface area contributed by atoms with Crippen molar-refractivity contribution in [1.82, 2.24) is 15.0 Å². The van der Waals surface area contributed by atoms with Crippen LogP contribution in [0.15, 0.2) is 30.6 Å². The van der Waals surface area contributed by atoms with Crippen molar-refractivity contribution in [2.24, 2.45) is 0 Å². The SMILES string of the molecule is O=C1O[C@@H](Cn2nccn2)CN1c1cc(F)c(C2=CC[S@+]([O-])CC2)c(F)c1. The number of benzene rings is 1. The molecule has 2 aliphatic rings. The standard InChI is InChI=1S/C17H16F2N4O3S/c18-14-7-12(8-15(19)16(14)11-1-5-27(25)6-2-11)22-9-13(26-17(22)24)10-23-20-3-4-21-23/h1,3-4,7-8,13H,2,5-6,9-10H2/t13-,27+/m1/s1. The van der Waals surface area contributed by atoms with Crippen LogP contribution in [-0.4, -0.2) is 49.8 Å². The van der Waals surface area contributed by atoms with Crippen LogP contribution < -0.4 is 4.90 Å². The third-order valence-corrected chi connectivity index (χ3v) is 5.68. The first-order valence-electron chi connectivity index (χ1n) is 8.37. The topological polar surface area (TPSA) is 83.3 Å². The van der Waals surface area contributed by atoms with Gasteiger partial charge in [0.2, 0.25) is 0 Å². The minimum atomic E-state index is -0.980. The van der Waals surface area contributed by atoms with E-state index in [9.17, 15) is 18.1 Å². The molecule has 0 bridgehead atoms. The Morgan fingerprint density at radius 3 is 2.59 bits per heavy atom. The Bertz CT molecular complexity index is 867. The molecule has 1 amide bonds. The van der Waals surface area contributed by atoms with Crippen LogP contribution in [-0.2, 0) is 22.5 Å². The van der Waals surface area contributed by atoms with Gasteiger partial charge in [-0.2, -0.15) is 15.0 Å². The van der Waals surface area contributed by atoms with E-state index < -0.39 is 35.0 Å². The van der Waals surface area contributed by atoms with Gasteiger partial charge >= 0.3 is 6.09 Å². The minimum Gasteiger partial charge on any atom is -0.616 e. The van der Waals surface area contributed by atoms with Gasteiger partial charge in [-0.1, -0.05) is 0 Å². The van der Waals surface area contributed by atoms with Gasteiger partial charge in [0.15, 0.2) is 0 Å². The maximum atomic E-state index is 14.6. The van der Waals surface area contributed by atoms with E-state index in [-0.39, 0.29) is 30.1 Å². The molecule has 0 unspecified atom stereocenters. The number of halogens is 2. The number of aromatic nitrogens is 3. The number of rotatable bonds is 4. The Morgan fingerprint density at radius 1 is 1.26 bits per heavy atom. The number of cyclic esters (lactones) is 1. The van der Waals surface area contributed by atoms with Crippen molar-refractivity contribution < 1.29 is 22.9 Å². The molecule has 0 spiro atoms. The second-order valence-corrected chi connectivity index (χ2v) is 7.90. The normalized spacial score (nSPS) is 22.7. The second kappa shape index (κ2) is 7.28. The lowest BCUT2D eigenvalue weighted by atomic mass is 10.0. The van der Waals surface area contributed by atoms with Crippen LogP contribution in [0.2, 0.25) is 0 Å². The van der Waals surface area contributed by atoms with E-state index in [1.807, 2.05) is 0 Å². The summed E-state index contributed by atoms with van der Waals surface area (Å²) in [6.45, 7) is 0.391. The highest BCUT2D eigenvalue weighted by atomic mass is 32.2. The van der Waals surface area contributed by atoms with Gasteiger partial charge in [-0.15, -0.1) is 0 Å². The molecular formula is C17H16F2N4O3S. The molecule has 2 aromatic rings. The lowest BCUT2D eigenvalue weighted by Crippen LogP contribution is -2.26. The first-order chi connectivity index (χ1) is 13.0. The van der Waals surface area contributed by atoms with Crippen LogP contribution in [0.3, 0.4) is 0 Å². The summed E-state index contributed by atoms with van der Waals surface area (Å²) in [7, 11) is 0. The molecule has 3 heterocycles. The molecule has 1 aromatic carbocycles. The number of allylic oxidation sites excluding steroid dienone is 1. The first kappa shape index (κ1) is 17.9. The minimum absolute atomic E-state index is 0.0923. The summed E-state index contributed by atoms with van der Waals surface area (Å²) in [5, 5.41) is 7.89. The maximum Gasteiger partial charge on any atom is 0.414 e. The number of hydrogen-bond acceptors (Lipinski definition) is 5. The number of anilines is 1. The van der Waals surface area contributed by atoms with Gasteiger partial charge < -0.3 is 9.29 Å². The van der Waals surface area contributed by atoms with Gasteiger partial charge in [-0.25, -0.2) is 13.6 Å². The summed E-state index contributed by atoms with van der Waals surface area (Å²) >= 11 is -0.980. The molecule has 1 saturated heterocycles. The van der Waals surface area contributed by atoms with Crippen LogP contribution in [0.25, 0.3) is 5.57 Å². The van der Waals surface area contributed by atoms with Gasteiger partial charge in [0.1, 0.15) is 29.2 Å². The van der Waals surface area contributed by atoms with Crippen LogP contribution in [0, 0.1) is 11.6 Å². The highest BCUT2D eigenvalue weighted by molar-refractivity contribution is 7.91. The highest BCUT2D eigenvalue weighted by Crippen LogP contribution is 2.32. The summed E-state index contributed by atoms with van der Waals surface area (Å²) in [6.07, 6.45) is 3.78. The van der Waals surface area contributed by atoms with Gasteiger partial charge in [-0.3, -0.25) is 4.90 Å². The molecule has 0 N–H and O–H groups in total. The van der Waals surface area contributed by atoms with Crippen molar-refractivity contribution in [3.05, 3.63) is 47.8 Å². The van der Waals surface area contributed by atoms with Crippen LogP contribution in [0.4, 0.5) is 19.3 Å². The highest BCUT2D eigenvalue weighted by Gasteiger charge is 2.34. The van der Waals surface area contributed by atoms with Crippen LogP contribution in [0.5, 0.6) is 0 Å².